The predicted octanol–water partition coefficient (Wildman–Crippen LogP) is 3.41. The molecule has 0 saturated carbocycles. The number of ether oxygens (including phenoxy) is 2. The van der Waals surface area contributed by atoms with Crippen molar-refractivity contribution in [1.82, 2.24) is 30.4 Å². The highest BCUT2D eigenvalue weighted by atomic mass is 19.1. The highest BCUT2D eigenvalue weighted by Crippen LogP contribution is 2.28. The van der Waals surface area contributed by atoms with Crippen molar-refractivity contribution >= 4 is 12.0 Å². The second kappa shape index (κ2) is 11.4. The molecule has 1 N–H and O–H groups in total. The van der Waals surface area contributed by atoms with Gasteiger partial charge in [0.2, 0.25) is 0 Å². The maximum atomic E-state index is 13.2. The number of nitrogens with one attached hydrogen (secondary N) is 1. The number of amides is 2. The van der Waals surface area contributed by atoms with E-state index >= 15 is 0 Å². The summed E-state index contributed by atoms with van der Waals surface area (Å²) in [6.07, 6.45) is 1.57. The average Bonchev–Trinajstić information content (AvgIpc) is 3.54. The number of carbonyl (C=O) groups is 2. The zero-order valence-electron chi connectivity index (χ0n) is 21.1. The van der Waals surface area contributed by atoms with Crippen molar-refractivity contribution in [3.63, 3.8) is 0 Å². The van der Waals surface area contributed by atoms with Gasteiger partial charge in [0.25, 0.3) is 5.91 Å². The molecule has 1 aromatic heterocycles. The Morgan fingerprint density at radius 3 is 2.51 bits per heavy atom. The molecule has 2 heterocycles. The van der Waals surface area contributed by atoms with E-state index in [4.69, 9.17) is 9.47 Å². The van der Waals surface area contributed by atoms with Crippen LogP contribution in [0.2, 0.25) is 0 Å². The quantitative estimate of drug-likeness (QED) is 0.494. The lowest BCUT2D eigenvalue weighted by Crippen LogP contribution is -2.44. The highest BCUT2D eigenvalue weighted by molar-refractivity contribution is 5.94. The van der Waals surface area contributed by atoms with Gasteiger partial charge >= 0.3 is 6.09 Å². The fourth-order valence-electron chi connectivity index (χ4n) is 4.11. The first-order valence-electron chi connectivity index (χ1n) is 12.1. The van der Waals surface area contributed by atoms with E-state index in [1.54, 1.807) is 57.2 Å². The lowest BCUT2D eigenvalue weighted by atomic mass is 9.99. The van der Waals surface area contributed by atoms with Crippen molar-refractivity contribution in [1.29, 1.82) is 0 Å². The molecule has 0 bridgehead atoms. The number of likely N-dealkylation sites (tertiary alicyclic amines) is 1. The number of carbonyl (C=O) groups excluding carboxylic acids is 2. The third-order valence-corrected chi connectivity index (χ3v) is 5.87. The molecule has 0 spiro atoms. The number of hydrogen-bond acceptors (Lipinski definition) is 7. The summed E-state index contributed by atoms with van der Waals surface area (Å²) in [6.45, 7) is 6.95. The van der Waals surface area contributed by atoms with Crippen LogP contribution in [-0.2, 0) is 11.3 Å². The third-order valence-electron chi connectivity index (χ3n) is 5.87. The zero-order valence-corrected chi connectivity index (χ0v) is 21.1. The maximum absolute atomic E-state index is 13.2. The minimum atomic E-state index is -0.641. The van der Waals surface area contributed by atoms with Crippen molar-refractivity contribution in [2.75, 3.05) is 19.7 Å². The number of rotatable bonds is 8. The highest BCUT2D eigenvalue weighted by Gasteiger charge is 2.28. The Bertz CT molecular complexity index is 1180. The number of hydrogen-bond donors (Lipinski definition) is 1. The van der Waals surface area contributed by atoms with Crippen molar-refractivity contribution < 1.29 is 23.5 Å². The van der Waals surface area contributed by atoms with E-state index in [2.05, 4.69) is 20.7 Å². The molecular formula is C26H31FN6O4. The summed E-state index contributed by atoms with van der Waals surface area (Å²) in [5, 5.41) is 14.3. The molecule has 11 heteroatoms. The van der Waals surface area contributed by atoms with Crippen molar-refractivity contribution in [2.45, 2.75) is 51.3 Å². The Morgan fingerprint density at radius 2 is 1.86 bits per heavy atom. The molecule has 1 aliphatic heterocycles. The molecule has 0 radical (unpaired) electrons. The van der Waals surface area contributed by atoms with Gasteiger partial charge in [-0.2, -0.15) is 4.80 Å². The number of aromatic nitrogens is 4. The van der Waals surface area contributed by atoms with Crippen LogP contribution in [0, 0.1) is 5.82 Å². The Balaban J connectivity index is 1.33. The van der Waals surface area contributed by atoms with Crippen LogP contribution in [0.25, 0.3) is 0 Å². The van der Waals surface area contributed by atoms with E-state index < -0.39 is 17.7 Å². The van der Waals surface area contributed by atoms with E-state index in [9.17, 15) is 14.0 Å². The van der Waals surface area contributed by atoms with Crippen LogP contribution in [0.3, 0.4) is 0 Å². The topological polar surface area (TPSA) is 111 Å². The monoisotopic (exact) mass is 510 g/mol. The van der Waals surface area contributed by atoms with Crippen LogP contribution in [0.1, 0.15) is 49.0 Å². The molecule has 1 saturated heterocycles. The van der Waals surface area contributed by atoms with Crippen LogP contribution in [-0.4, -0.2) is 68.4 Å². The van der Waals surface area contributed by atoms with Crippen molar-refractivity contribution in [3.8, 4) is 5.75 Å². The molecule has 10 nitrogen and oxygen atoms in total. The Labute approximate surface area is 214 Å². The molecule has 3 aromatic rings. The molecular weight excluding hydrogens is 479 g/mol. The third kappa shape index (κ3) is 7.48. The number of nitrogens with zero attached hydrogens (tertiary/aromatic N) is 5. The van der Waals surface area contributed by atoms with E-state index in [-0.39, 0.29) is 30.8 Å². The SMILES string of the molecule is CC(C)(C)OC(=O)N[C@@H](COc1ccc(C(=O)N2CC[C@H](c3ccc(F)cc3)C2)cc1)Cn1ncnn1. The van der Waals surface area contributed by atoms with Crippen LogP contribution >= 0.6 is 0 Å². The van der Waals surface area contributed by atoms with Crippen LogP contribution in [0.5, 0.6) is 5.75 Å². The summed E-state index contributed by atoms with van der Waals surface area (Å²) in [6, 6.07) is 12.9. The van der Waals surface area contributed by atoms with Gasteiger partial charge in [-0.15, -0.1) is 10.2 Å². The molecule has 1 fully saturated rings. The second-order valence-electron chi connectivity index (χ2n) is 9.96. The first kappa shape index (κ1) is 26.1. The molecule has 2 amide bonds. The fraction of sp³-hybridized carbons (Fsp3) is 0.423. The summed E-state index contributed by atoms with van der Waals surface area (Å²) < 4.78 is 24.4. The van der Waals surface area contributed by atoms with Gasteiger partial charge in [0, 0.05) is 24.6 Å². The van der Waals surface area contributed by atoms with Gasteiger partial charge in [-0.05, 0) is 74.4 Å². The molecule has 4 rings (SSSR count). The standard InChI is InChI=1S/C26H31FN6O4/c1-26(2,3)37-25(35)30-22(15-33-29-17-28-31-33)16-36-23-10-6-19(7-11-23)24(34)32-13-12-20(14-32)18-4-8-21(27)9-5-18/h4-11,17,20,22H,12-16H2,1-3H3,(H,30,35)/t20-,22+/m0/s1. The number of halogens is 1. The van der Waals surface area contributed by atoms with E-state index in [1.807, 2.05) is 4.90 Å². The molecule has 1 aliphatic rings. The van der Waals surface area contributed by atoms with Crippen LogP contribution < -0.4 is 10.1 Å². The lowest BCUT2D eigenvalue weighted by molar-refractivity contribution is 0.0477. The van der Waals surface area contributed by atoms with Gasteiger partial charge in [0.15, 0.2) is 6.33 Å². The van der Waals surface area contributed by atoms with Gasteiger partial charge in [-0.3, -0.25) is 4.79 Å². The number of tetrazole rings is 1. The maximum Gasteiger partial charge on any atom is 0.408 e. The van der Waals surface area contributed by atoms with Crippen molar-refractivity contribution in [2.24, 2.45) is 0 Å². The molecule has 196 valence electrons. The Hall–Kier alpha value is -4.02. The summed E-state index contributed by atoms with van der Waals surface area (Å²) in [5.74, 6) is 0.419. The average molecular weight is 511 g/mol. The molecule has 37 heavy (non-hydrogen) atoms. The smallest absolute Gasteiger partial charge is 0.408 e. The van der Waals surface area contributed by atoms with Gasteiger partial charge in [-0.1, -0.05) is 12.1 Å². The van der Waals surface area contributed by atoms with Gasteiger partial charge in [0.1, 0.15) is 23.8 Å². The predicted molar refractivity (Wildman–Crippen MR) is 133 cm³/mol. The lowest BCUT2D eigenvalue weighted by Gasteiger charge is -2.23. The summed E-state index contributed by atoms with van der Waals surface area (Å²) in [7, 11) is 0. The number of alkyl carbamates (subject to hydrolysis) is 1. The molecule has 0 unspecified atom stereocenters. The number of benzene rings is 2. The van der Waals surface area contributed by atoms with E-state index in [0.29, 0.717) is 24.4 Å². The minimum Gasteiger partial charge on any atom is -0.491 e. The summed E-state index contributed by atoms with van der Waals surface area (Å²) >= 11 is 0. The van der Waals surface area contributed by atoms with Crippen LogP contribution in [0.4, 0.5) is 9.18 Å². The summed E-state index contributed by atoms with van der Waals surface area (Å²) in [4.78, 5) is 28.4. The molecule has 2 atom stereocenters. The summed E-state index contributed by atoms with van der Waals surface area (Å²) in [5.41, 5.74) is 0.955. The Kier molecular flexibility index (Phi) is 8.00. The van der Waals surface area contributed by atoms with Gasteiger partial charge < -0.3 is 19.7 Å². The van der Waals surface area contributed by atoms with Gasteiger partial charge in [0.05, 0.1) is 12.6 Å². The second-order valence-corrected chi connectivity index (χ2v) is 9.96. The van der Waals surface area contributed by atoms with Gasteiger partial charge in [-0.25, -0.2) is 9.18 Å². The van der Waals surface area contributed by atoms with E-state index in [1.165, 1.54) is 23.3 Å². The normalized spacial score (nSPS) is 16.3. The first-order chi connectivity index (χ1) is 17.7. The first-order valence-corrected chi connectivity index (χ1v) is 12.1. The zero-order chi connectivity index (χ0) is 26.4. The van der Waals surface area contributed by atoms with E-state index in [0.717, 1.165) is 12.0 Å². The Morgan fingerprint density at radius 1 is 1.14 bits per heavy atom. The van der Waals surface area contributed by atoms with Crippen LogP contribution in [0.15, 0.2) is 54.9 Å². The minimum absolute atomic E-state index is 0.0575. The molecule has 2 aromatic carbocycles. The molecule has 0 aliphatic carbocycles. The fourth-order valence-corrected chi connectivity index (χ4v) is 4.11. The largest absolute Gasteiger partial charge is 0.491 e. The van der Waals surface area contributed by atoms with Crippen molar-refractivity contribution in [3.05, 3.63) is 71.8 Å².